The second-order valence-corrected chi connectivity index (χ2v) is 7.75. The van der Waals surface area contributed by atoms with Gasteiger partial charge in [0.15, 0.2) is 0 Å². The van der Waals surface area contributed by atoms with E-state index in [1.807, 2.05) is 0 Å². The second kappa shape index (κ2) is 7.79. The molecule has 0 saturated carbocycles. The van der Waals surface area contributed by atoms with Gasteiger partial charge in [-0.2, -0.15) is 9.97 Å². The molecule has 1 aliphatic heterocycles. The lowest BCUT2D eigenvalue weighted by atomic mass is 10.1. The number of nitro groups is 1. The maximum atomic E-state index is 12.4. The van der Waals surface area contributed by atoms with Gasteiger partial charge in [0.25, 0.3) is 0 Å². The maximum absolute atomic E-state index is 12.4. The molecular weight excluding hydrogens is 385 g/mol. The Morgan fingerprint density at radius 3 is 2.65 bits per heavy atom. The van der Waals surface area contributed by atoms with E-state index in [0.717, 1.165) is 12.8 Å². The summed E-state index contributed by atoms with van der Waals surface area (Å²) < 4.78 is 5.44. The zero-order chi connectivity index (χ0) is 19.6. The lowest BCUT2D eigenvalue weighted by molar-refractivity contribution is -0.384. The van der Waals surface area contributed by atoms with Crippen LogP contribution in [0.15, 0.2) is 0 Å². The zero-order valence-corrected chi connectivity index (χ0v) is 16.5. The predicted octanol–water partition coefficient (Wildman–Crippen LogP) is 3.89. The minimum absolute atomic E-state index is 0.0801. The molecule has 144 valence electrons. The van der Waals surface area contributed by atoms with Crippen LogP contribution >= 0.6 is 23.2 Å². The number of hydrogen-bond acceptors (Lipinski definition) is 7. The van der Waals surface area contributed by atoms with Crippen molar-refractivity contribution in [2.75, 3.05) is 11.9 Å². The highest BCUT2D eigenvalue weighted by Gasteiger charge is 2.36. The molecule has 0 aliphatic carbocycles. The Kier molecular flexibility index (Phi) is 6.13. The molecule has 1 amide bonds. The number of rotatable bonds is 4. The van der Waals surface area contributed by atoms with Crippen molar-refractivity contribution in [3.8, 4) is 0 Å². The summed E-state index contributed by atoms with van der Waals surface area (Å²) >= 11 is 11.6. The summed E-state index contributed by atoms with van der Waals surface area (Å²) in [5, 5.41) is 13.7. The van der Waals surface area contributed by atoms with E-state index in [0.29, 0.717) is 6.54 Å². The molecule has 1 aromatic rings. The summed E-state index contributed by atoms with van der Waals surface area (Å²) in [7, 11) is 0. The molecule has 0 radical (unpaired) electrons. The van der Waals surface area contributed by atoms with Crippen LogP contribution < -0.4 is 5.32 Å². The summed E-state index contributed by atoms with van der Waals surface area (Å²) in [4.78, 5) is 32.1. The topological polar surface area (TPSA) is 110 Å². The van der Waals surface area contributed by atoms with Crippen LogP contribution in [0.1, 0.15) is 40.5 Å². The fourth-order valence-electron chi connectivity index (χ4n) is 2.84. The first-order valence-electron chi connectivity index (χ1n) is 8.13. The molecule has 1 unspecified atom stereocenters. The van der Waals surface area contributed by atoms with E-state index in [1.54, 1.807) is 32.6 Å². The van der Waals surface area contributed by atoms with Gasteiger partial charge in [-0.1, -0.05) is 11.6 Å². The molecule has 26 heavy (non-hydrogen) atoms. The van der Waals surface area contributed by atoms with Gasteiger partial charge >= 0.3 is 11.8 Å². The zero-order valence-electron chi connectivity index (χ0n) is 15.0. The number of carbonyl (C=O) groups is 1. The number of amides is 1. The summed E-state index contributed by atoms with van der Waals surface area (Å²) in [5.41, 5.74) is -1.06. The Hall–Kier alpha value is -1.87. The minimum Gasteiger partial charge on any atom is -0.444 e. The quantitative estimate of drug-likeness (QED) is 0.350. The average Bonchev–Trinajstić information content (AvgIpc) is 2.93. The van der Waals surface area contributed by atoms with Gasteiger partial charge in [-0.3, -0.25) is 10.1 Å². The lowest BCUT2D eigenvalue weighted by Crippen LogP contribution is -2.46. The van der Waals surface area contributed by atoms with E-state index in [1.165, 1.54) is 0 Å². The Morgan fingerprint density at radius 2 is 2.08 bits per heavy atom. The van der Waals surface area contributed by atoms with Gasteiger partial charge < -0.3 is 15.0 Å². The number of likely N-dealkylation sites (tertiary alicyclic amines) is 1. The first-order chi connectivity index (χ1) is 12.0. The number of aromatic nitrogens is 2. The Labute approximate surface area is 161 Å². The molecule has 0 aromatic carbocycles. The molecule has 1 aromatic heterocycles. The normalized spacial score (nSPS) is 18.5. The number of carbonyl (C=O) groups excluding carboxylic acids is 1. The molecule has 0 bridgehead atoms. The fourth-order valence-corrected chi connectivity index (χ4v) is 3.29. The van der Waals surface area contributed by atoms with Crippen molar-refractivity contribution in [2.45, 2.75) is 58.2 Å². The molecule has 1 N–H and O–H groups in total. The lowest BCUT2D eigenvalue weighted by Gasteiger charge is -2.32. The molecule has 9 nitrogen and oxygen atoms in total. The van der Waals surface area contributed by atoms with Gasteiger partial charge in [-0.25, -0.2) is 4.79 Å². The number of halogens is 2. The van der Waals surface area contributed by atoms with Crippen LogP contribution in [-0.2, 0) is 4.74 Å². The summed E-state index contributed by atoms with van der Waals surface area (Å²) in [6.07, 6.45) is 1.12. The van der Waals surface area contributed by atoms with Crippen molar-refractivity contribution in [3.05, 3.63) is 20.6 Å². The highest BCUT2D eigenvalue weighted by Crippen LogP contribution is 2.32. The molecule has 1 saturated heterocycles. The fraction of sp³-hybridized carbons (Fsp3) is 0.667. The molecule has 2 rings (SSSR count). The maximum Gasteiger partial charge on any atom is 0.410 e. The highest BCUT2D eigenvalue weighted by molar-refractivity contribution is 6.33. The first-order valence-corrected chi connectivity index (χ1v) is 8.89. The van der Waals surface area contributed by atoms with Gasteiger partial charge in [-0.05, 0) is 52.1 Å². The van der Waals surface area contributed by atoms with Crippen LogP contribution in [0, 0.1) is 10.1 Å². The van der Waals surface area contributed by atoms with Crippen LogP contribution in [0.25, 0.3) is 0 Å². The van der Waals surface area contributed by atoms with Gasteiger partial charge in [0.05, 0.1) is 11.0 Å². The summed E-state index contributed by atoms with van der Waals surface area (Å²) in [5.74, 6) is -0.0801. The van der Waals surface area contributed by atoms with Crippen molar-refractivity contribution in [3.63, 3.8) is 0 Å². The molecule has 11 heteroatoms. The van der Waals surface area contributed by atoms with E-state index in [4.69, 9.17) is 27.9 Å². The molecular formula is C15H21Cl2N5O4. The van der Waals surface area contributed by atoms with Crippen molar-refractivity contribution in [1.29, 1.82) is 0 Å². The van der Waals surface area contributed by atoms with E-state index < -0.39 is 22.3 Å². The van der Waals surface area contributed by atoms with E-state index in [-0.39, 0.29) is 28.3 Å². The van der Waals surface area contributed by atoms with Crippen LogP contribution in [0.2, 0.25) is 10.4 Å². The number of nitrogens with zero attached hydrogens (tertiary/aromatic N) is 4. The molecule has 1 fully saturated rings. The smallest absolute Gasteiger partial charge is 0.410 e. The minimum atomic E-state index is -0.673. The second-order valence-electron chi connectivity index (χ2n) is 7.05. The highest BCUT2D eigenvalue weighted by atomic mass is 35.5. The number of ether oxygens (including phenoxy) is 1. The third-order valence-electron chi connectivity index (χ3n) is 3.87. The van der Waals surface area contributed by atoms with Crippen molar-refractivity contribution in [2.24, 2.45) is 0 Å². The predicted molar refractivity (Wildman–Crippen MR) is 97.8 cm³/mol. The largest absolute Gasteiger partial charge is 0.444 e. The third kappa shape index (κ3) is 4.85. The van der Waals surface area contributed by atoms with Crippen LogP contribution in [0.5, 0.6) is 0 Å². The Bertz CT molecular complexity index is 710. The standard InChI is InChI=1S/C15H21Cl2N5O4/c1-8(9-6-5-7-21(9)14(23)26-15(2,3)4)18-12-10(22(24)25)11(16)19-13(17)20-12/h8-9H,5-7H2,1-4H3,(H,18,19,20)/t8?,9-/m0/s1. The van der Waals surface area contributed by atoms with Crippen molar-refractivity contribution in [1.82, 2.24) is 14.9 Å². The number of anilines is 1. The van der Waals surface area contributed by atoms with Gasteiger partial charge in [-0.15, -0.1) is 0 Å². The Morgan fingerprint density at radius 1 is 1.42 bits per heavy atom. The van der Waals surface area contributed by atoms with Crippen LogP contribution in [0.3, 0.4) is 0 Å². The SMILES string of the molecule is CC(Nc1nc(Cl)nc(Cl)c1[N+](=O)[O-])[C@@H]1CCCN1C(=O)OC(C)(C)C. The first kappa shape index (κ1) is 20.4. The van der Waals surface area contributed by atoms with Crippen LogP contribution in [0.4, 0.5) is 16.3 Å². The van der Waals surface area contributed by atoms with Gasteiger partial charge in [0, 0.05) is 12.6 Å². The average molecular weight is 406 g/mol. The molecule has 2 atom stereocenters. The van der Waals surface area contributed by atoms with Crippen molar-refractivity contribution < 1.29 is 14.5 Å². The number of nitrogens with one attached hydrogen (secondary N) is 1. The van der Waals surface area contributed by atoms with Gasteiger partial charge in [0.2, 0.25) is 16.3 Å². The third-order valence-corrected chi connectivity index (χ3v) is 4.30. The van der Waals surface area contributed by atoms with E-state index >= 15 is 0 Å². The monoisotopic (exact) mass is 405 g/mol. The number of hydrogen-bond donors (Lipinski definition) is 1. The van der Waals surface area contributed by atoms with Gasteiger partial charge in [0.1, 0.15) is 5.60 Å². The molecule has 1 aliphatic rings. The summed E-state index contributed by atoms with van der Waals surface area (Å²) in [6, 6.07) is -0.553. The molecule has 2 heterocycles. The van der Waals surface area contributed by atoms with Crippen molar-refractivity contribution >= 4 is 40.8 Å². The Balaban J connectivity index is 2.20. The van der Waals surface area contributed by atoms with E-state index in [9.17, 15) is 14.9 Å². The molecule has 0 spiro atoms. The van der Waals surface area contributed by atoms with Crippen LogP contribution in [-0.4, -0.2) is 50.1 Å². The van der Waals surface area contributed by atoms with E-state index in [2.05, 4.69) is 15.3 Å². The summed E-state index contributed by atoms with van der Waals surface area (Å²) in [6.45, 7) is 7.75.